The maximum Gasteiger partial charge on any atom is 0.305 e. The standard InChI is InChI=1S/C10H18O6.C6H6N2O/c1-2-3-4-7(11)15-5-6-8(12)9(13)10(14)16-6;7-6(9)5-2-1-3-8-4-5/h6,8-10,12-14H,2-5H2,1H3;1-4H,(H2,7,9)/t6-,8-,9-,10?;/m1./s1. The first-order chi connectivity index (χ1) is 11.9. The molecule has 1 amide bonds. The van der Waals surface area contributed by atoms with E-state index in [0.29, 0.717) is 12.0 Å². The van der Waals surface area contributed by atoms with Gasteiger partial charge in [-0.05, 0) is 18.6 Å². The highest BCUT2D eigenvalue weighted by Crippen LogP contribution is 2.19. The van der Waals surface area contributed by atoms with Crippen molar-refractivity contribution >= 4 is 11.9 Å². The second kappa shape index (κ2) is 10.7. The number of hydrogen-bond acceptors (Lipinski definition) is 8. The molecule has 25 heavy (non-hydrogen) atoms. The molecule has 0 aliphatic carbocycles. The van der Waals surface area contributed by atoms with Gasteiger partial charge in [0, 0.05) is 18.8 Å². The maximum absolute atomic E-state index is 11.1. The number of nitrogens with zero attached hydrogens (tertiary/aromatic N) is 1. The second-order valence-electron chi connectivity index (χ2n) is 5.44. The first-order valence-corrected chi connectivity index (χ1v) is 7.92. The van der Waals surface area contributed by atoms with Gasteiger partial charge in [0.2, 0.25) is 5.91 Å². The summed E-state index contributed by atoms with van der Waals surface area (Å²) in [6, 6.07) is 3.29. The van der Waals surface area contributed by atoms with Crippen molar-refractivity contribution in [1.82, 2.24) is 4.98 Å². The number of nitrogens with two attached hydrogens (primary N) is 1. The van der Waals surface area contributed by atoms with Crippen LogP contribution in [0.2, 0.25) is 0 Å². The molecule has 5 N–H and O–H groups in total. The third-order valence-corrected chi connectivity index (χ3v) is 3.43. The highest BCUT2D eigenvalue weighted by Gasteiger charge is 2.42. The quantitative estimate of drug-likeness (QED) is 0.490. The van der Waals surface area contributed by atoms with Gasteiger partial charge in [-0.2, -0.15) is 0 Å². The van der Waals surface area contributed by atoms with Crippen LogP contribution >= 0.6 is 0 Å². The Labute approximate surface area is 145 Å². The van der Waals surface area contributed by atoms with Crippen LogP contribution in [0.3, 0.4) is 0 Å². The molecule has 9 nitrogen and oxygen atoms in total. The van der Waals surface area contributed by atoms with Crippen LogP contribution in [0.1, 0.15) is 36.5 Å². The van der Waals surface area contributed by atoms with Gasteiger partial charge in [-0.15, -0.1) is 0 Å². The first kappa shape index (κ1) is 21.0. The van der Waals surface area contributed by atoms with E-state index in [-0.39, 0.29) is 12.6 Å². The van der Waals surface area contributed by atoms with Gasteiger partial charge in [-0.3, -0.25) is 14.6 Å². The number of primary amides is 1. The molecular formula is C16H24N2O7. The minimum atomic E-state index is -1.42. The molecule has 0 spiro atoms. The van der Waals surface area contributed by atoms with Crippen LogP contribution < -0.4 is 5.73 Å². The number of aliphatic hydroxyl groups is 3. The maximum atomic E-state index is 11.1. The molecule has 9 heteroatoms. The summed E-state index contributed by atoms with van der Waals surface area (Å²) < 4.78 is 9.67. The van der Waals surface area contributed by atoms with E-state index in [1.54, 1.807) is 18.3 Å². The molecule has 2 heterocycles. The molecular weight excluding hydrogens is 332 g/mol. The molecule has 1 aromatic heterocycles. The Morgan fingerprint density at radius 3 is 2.48 bits per heavy atom. The molecule has 1 aromatic rings. The number of rotatable bonds is 6. The molecule has 1 fully saturated rings. The minimum absolute atomic E-state index is 0.155. The Kier molecular flexibility index (Phi) is 9.00. The van der Waals surface area contributed by atoms with Crippen molar-refractivity contribution in [1.29, 1.82) is 0 Å². The van der Waals surface area contributed by atoms with E-state index in [1.165, 1.54) is 6.20 Å². The number of aliphatic hydroxyl groups excluding tert-OH is 3. The number of hydrogen-bond donors (Lipinski definition) is 4. The van der Waals surface area contributed by atoms with Crippen LogP contribution in [0.25, 0.3) is 0 Å². The molecule has 0 saturated carbocycles. The van der Waals surface area contributed by atoms with Crippen LogP contribution in [-0.2, 0) is 14.3 Å². The van der Waals surface area contributed by atoms with E-state index in [4.69, 9.17) is 20.3 Å². The van der Waals surface area contributed by atoms with Gasteiger partial charge >= 0.3 is 5.97 Å². The number of unbranched alkanes of at least 4 members (excludes halogenated alkanes) is 1. The number of pyridine rings is 1. The van der Waals surface area contributed by atoms with Crippen molar-refractivity contribution in [2.24, 2.45) is 5.73 Å². The molecule has 0 radical (unpaired) electrons. The van der Waals surface area contributed by atoms with Gasteiger partial charge in [-0.25, -0.2) is 0 Å². The van der Waals surface area contributed by atoms with Crippen molar-refractivity contribution in [3.8, 4) is 0 Å². The summed E-state index contributed by atoms with van der Waals surface area (Å²) in [5, 5.41) is 27.6. The molecule has 1 saturated heterocycles. The molecule has 4 atom stereocenters. The molecule has 1 unspecified atom stereocenters. The lowest BCUT2D eigenvalue weighted by molar-refractivity contribution is -0.157. The van der Waals surface area contributed by atoms with Gasteiger partial charge in [0.05, 0.1) is 5.56 Å². The molecule has 1 aliphatic rings. The fourth-order valence-corrected chi connectivity index (χ4v) is 1.94. The zero-order valence-corrected chi connectivity index (χ0v) is 13.9. The summed E-state index contributed by atoms with van der Waals surface area (Å²) in [4.78, 5) is 25.2. The SMILES string of the molecule is CCCCC(=O)OC[C@H]1OC(O)[C@H](O)[C@@H]1O.NC(=O)c1cccnc1. The number of esters is 1. The third kappa shape index (κ3) is 7.14. The zero-order chi connectivity index (χ0) is 18.8. The second-order valence-corrected chi connectivity index (χ2v) is 5.44. The number of aromatic nitrogens is 1. The normalized spacial score (nSPS) is 25.0. The molecule has 2 rings (SSSR count). The third-order valence-electron chi connectivity index (χ3n) is 3.43. The molecule has 0 bridgehead atoms. The predicted octanol–water partition coefficient (Wildman–Crippen LogP) is -0.661. The summed E-state index contributed by atoms with van der Waals surface area (Å²) in [6.45, 7) is 1.81. The largest absolute Gasteiger partial charge is 0.463 e. The average molecular weight is 356 g/mol. The van der Waals surface area contributed by atoms with Crippen LogP contribution in [0.5, 0.6) is 0 Å². The molecule has 1 aliphatic heterocycles. The summed E-state index contributed by atoms with van der Waals surface area (Å²) in [7, 11) is 0. The number of ether oxygens (including phenoxy) is 2. The minimum Gasteiger partial charge on any atom is -0.463 e. The van der Waals surface area contributed by atoms with E-state index in [2.05, 4.69) is 4.98 Å². The predicted molar refractivity (Wildman–Crippen MR) is 86.1 cm³/mol. The number of carbonyl (C=O) groups is 2. The number of carbonyl (C=O) groups excluding carboxylic acids is 2. The van der Waals surface area contributed by atoms with Crippen LogP contribution in [0, 0.1) is 0 Å². The molecule has 140 valence electrons. The summed E-state index contributed by atoms with van der Waals surface area (Å²) >= 11 is 0. The van der Waals surface area contributed by atoms with Crippen molar-refractivity contribution in [2.75, 3.05) is 6.61 Å². The Morgan fingerprint density at radius 1 is 1.32 bits per heavy atom. The first-order valence-electron chi connectivity index (χ1n) is 7.92. The topological polar surface area (TPSA) is 152 Å². The Morgan fingerprint density at radius 2 is 2.04 bits per heavy atom. The molecule has 0 aromatic carbocycles. The number of amides is 1. The van der Waals surface area contributed by atoms with Gasteiger partial charge in [0.1, 0.15) is 24.9 Å². The fourth-order valence-electron chi connectivity index (χ4n) is 1.94. The Hall–Kier alpha value is -2.07. The Bertz CT molecular complexity index is 541. The van der Waals surface area contributed by atoms with E-state index < -0.39 is 30.5 Å². The monoisotopic (exact) mass is 356 g/mol. The lowest BCUT2D eigenvalue weighted by atomic mass is 10.1. The summed E-state index contributed by atoms with van der Waals surface area (Å²) in [6.07, 6.45) is 0.130. The van der Waals surface area contributed by atoms with Crippen LogP contribution in [0.4, 0.5) is 0 Å². The highest BCUT2D eigenvalue weighted by molar-refractivity contribution is 5.92. The van der Waals surface area contributed by atoms with Crippen LogP contribution in [-0.4, -0.2) is 63.4 Å². The van der Waals surface area contributed by atoms with Crippen molar-refractivity contribution < 1.29 is 34.4 Å². The smallest absolute Gasteiger partial charge is 0.305 e. The van der Waals surface area contributed by atoms with Gasteiger partial charge < -0.3 is 30.5 Å². The van der Waals surface area contributed by atoms with Gasteiger partial charge in [0.25, 0.3) is 0 Å². The average Bonchev–Trinajstić information content (AvgIpc) is 2.86. The van der Waals surface area contributed by atoms with Crippen molar-refractivity contribution in [3.63, 3.8) is 0 Å². The lowest BCUT2D eigenvalue weighted by Gasteiger charge is -2.14. The lowest BCUT2D eigenvalue weighted by Crippen LogP contribution is -2.34. The van der Waals surface area contributed by atoms with Gasteiger partial charge in [0.15, 0.2) is 6.29 Å². The zero-order valence-electron chi connectivity index (χ0n) is 13.9. The highest BCUT2D eigenvalue weighted by atomic mass is 16.7. The van der Waals surface area contributed by atoms with E-state index >= 15 is 0 Å². The Balaban J connectivity index is 0.000000293. The van der Waals surface area contributed by atoms with E-state index in [9.17, 15) is 19.8 Å². The van der Waals surface area contributed by atoms with Crippen molar-refractivity contribution in [2.45, 2.75) is 50.8 Å². The summed E-state index contributed by atoms with van der Waals surface area (Å²) in [5.74, 6) is -0.809. The summed E-state index contributed by atoms with van der Waals surface area (Å²) in [5.41, 5.74) is 5.38. The van der Waals surface area contributed by atoms with E-state index in [1.807, 2.05) is 6.92 Å². The van der Waals surface area contributed by atoms with Crippen molar-refractivity contribution in [3.05, 3.63) is 30.1 Å². The van der Waals surface area contributed by atoms with Gasteiger partial charge in [-0.1, -0.05) is 13.3 Å². The van der Waals surface area contributed by atoms with Crippen LogP contribution in [0.15, 0.2) is 24.5 Å². The van der Waals surface area contributed by atoms with E-state index in [0.717, 1.165) is 12.8 Å². The fraction of sp³-hybridized carbons (Fsp3) is 0.562.